The molecule has 0 aliphatic carbocycles. The van der Waals surface area contributed by atoms with Crippen molar-refractivity contribution in [2.75, 3.05) is 5.75 Å². The second kappa shape index (κ2) is 9.30. The zero-order valence-corrected chi connectivity index (χ0v) is 23.4. The summed E-state index contributed by atoms with van der Waals surface area (Å²) in [5.41, 5.74) is 1.86. The molecule has 5 aliphatic heterocycles. The van der Waals surface area contributed by atoms with Gasteiger partial charge in [-0.3, -0.25) is 14.0 Å². The number of fused-ring (bicyclic) bond motifs is 2. The maximum absolute atomic E-state index is 14.2. The number of hydrogen-bond donors (Lipinski definition) is 2. The first kappa shape index (κ1) is 25.5. The van der Waals surface area contributed by atoms with Gasteiger partial charge in [0, 0.05) is 63.7 Å². The Balaban J connectivity index is 1.19. The topological polar surface area (TPSA) is 90.3 Å². The summed E-state index contributed by atoms with van der Waals surface area (Å²) in [4.78, 5) is 4.66. The average Bonchev–Trinajstić information content (AvgIpc) is 3.66. The SMILES string of the molecule is CC1CCC(c2ccoc2)N2C(O)CC3(CC12)CC1(CCC2C(C)CCC(c4ccoc4)N2C1O)CS3=O. The van der Waals surface area contributed by atoms with Crippen molar-refractivity contribution >= 4 is 10.8 Å². The van der Waals surface area contributed by atoms with Crippen LogP contribution in [0.2, 0.25) is 0 Å². The molecule has 7 rings (SSSR count). The average molecular weight is 543 g/mol. The second-order valence-corrected chi connectivity index (χ2v) is 15.1. The van der Waals surface area contributed by atoms with Crippen molar-refractivity contribution < 1.29 is 23.3 Å². The van der Waals surface area contributed by atoms with E-state index < -0.39 is 33.4 Å². The number of rotatable bonds is 2. The lowest BCUT2D eigenvalue weighted by Crippen LogP contribution is -2.62. The standard InChI is InChI=1S/C30H42N2O5S/c1-19-3-6-25(22-9-12-37-16-22)32-23(19)7-10-29(28(32)34)17-30(38(35)18-29)13-26-20(2)4-5-24(21-8-11-36-15-21)31(26)27(33)14-30/h8-9,11-12,15-16,19-20,23-28,33-34H,3-7,10,13-14,17-18H2,1-2H3. The quantitative estimate of drug-likeness (QED) is 0.555. The molecule has 11 atom stereocenters. The van der Waals surface area contributed by atoms with E-state index in [1.807, 2.05) is 24.7 Å². The van der Waals surface area contributed by atoms with Crippen LogP contribution in [0.3, 0.4) is 0 Å². The molecule has 5 aliphatic rings. The van der Waals surface area contributed by atoms with Crippen LogP contribution in [0.4, 0.5) is 0 Å². The summed E-state index contributed by atoms with van der Waals surface area (Å²) in [6.45, 7) is 4.60. The number of aliphatic hydroxyl groups is 2. The molecule has 0 amide bonds. The molecule has 8 heteroatoms. The molecular weight excluding hydrogens is 500 g/mol. The Morgan fingerprint density at radius 1 is 0.868 bits per heavy atom. The Labute approximate surface area is 228 Å². The van der Waals surface area contributed by atoms with E-state index in [0.717, 1.165) is 62.5 Å². The number of aliphatic hydroxyl groups excluding tert-OH is 2. The van der Waals surface area contributed by atoms with Crippen LogP contribution < -0.4 is 0 Å². The molecule has 7 heterocycles. The number of hydrogen-bond acceptors (Lipinski definition) is 7. The van der Waals surface area contributed by atoms with E-state index in [4.69, 9.17) is 8.83 Å². The van der Waals surface area contributed by atoms with Gasteiger partial charge in [-0.2, -0.15) is 0 Å². The molecule has 0 aromatic carbocycles. The van der Waals surface area contributed by atoms with Gasteiger partial charge in [-0.05, 0) is 75.3 Å². The van der Waals surface area contributed by atoms with Gasteiger partial charge in [-0.1, -0.05) is 13.8 Å². The zero-order valence-electron chi connectivity index (χ0n) is 22.6. The van der Waals surface area contributed by atoms with Crippen molar-refractivity contribution in [1.82, 2.24) is 9.80 Å². The number of furan rings is 2. The first-order valence-electron chi connectivity index (χ1n) is 14.7. The molecule has 2 N–H and O–H groups in total. The van der Waals surface area contributed by atoms with Crippen molar-refractivity contribution in [2.45, 2.75) is 113 Å². The molecule has 0 saturated carbocycles. The van der Waals surface area contributed by atoms with Crippen molar-refractivity contribution in [1.29, 1.82) is 0 Å². The van der Waals surface area contributed by atoms with E-state index in [1.165, 1.54) is 0 Å². The first-order chi connectivity index (χ1) is 18.3. The minimum Gasteiger partial charge on any atom is -0.472 e. The normalized spacial score (nSPS) is 47.8. The van der Waals surface area contributed by atoms with Gasteiger partial charge in [0.1, 0.15) is 12.5 Å². The molecule has 0 radical (unpaired) electrons. The summed E-state index contributed by atoms with van der Waals surface area (Å²) < 4.78 is 24.6. The highest BCUT2D eigenvalue weighted by molar-refractivity contribution is 7.86. The lowest BCUT2D eigenvalue weighted by atomic mass is 9.65. The van der Waals surface area contributed by atoms with Gasteiger partial charge in [0.15, 0.2) is 0 Å². The molecule has 2 aromatic rings. The fourth-order valence-electron chi connectivity index (χ4n) is 9.33. The number of piperidine rings is 4. The molecule has 7 nitrogen and oxygen atoms in total. The van der Waals surface area contributed by atoms with Crippen molar-refractivity contribution in [2.24, 2.45) is 17.3 Å². The largest absolute Gasteiger partial charge is 0.472 e. The predicted molar refractivity (Wildman–Crippen MR) is 144 cm³/mol. The van der Waals surface area contributed by atoms with E-state index in [0.29, 0.717) is 30.1 Å². The van der Waals surface area contributed by atoms with Crippen molar-refractivity contribution in [3.63, 3.8) is 0 Å². The first-order valence-corrected chi connectivity index (χ1v) is 16.0. The Kier molecular flexibility index (Phi) is 6.24. The van der Waals surface area contributed by atoms with Crippen LogP contribution in [0.25, 0.3) is 0 Å². The summed E-state index contributed by atoms with van der Waals surface area (Å²) in [5.74, 6) is 1.48. The third kappa shape index (κ3) is 3.77. The van der Waals surface area contributed by atoms with Gasteiger partial charge in [0.25, 0.3) is 0 Å². The Morgan fingerprint density at radius 3 is 2.13 bits per heavy atom. The highest BCUT2D eigenvalue weighted by Gasteiger charge is 2.64. The Morgan fingerprint density at radius 2 is 1.50 bits per heavy atom. The summed E-state index contributed by atoms with van der Waals surface area (Å²) in [6.07, 6.45) is 14.0. The van der Waals surface area contributed by atoms with Crippen LogP contribution in [-0.2, 0) is 10.8 Å². The van der Waals surface area contributed by atoms with Gasteiger partial charge >= 0.3 is 0 Å². The lowest BCUT2D eigenvalue weighted by molar-refractivity contribution is -0.185. The van der Waals surface area contributed by atoms with E-state index in [1.54, 1.807) is 12.5 Å². The zero-order chi connectivity index (χ0) is 26.2. The van der Waals surface area contributed by atoms with Crippen molar-refractivity contribution in [3.8, 4) is 0 Å². The highest BCUT2D eigenvalue weighted by Crippen LogP contribution is 2.60. The minimum absolute atomic E-state index is 0.133. The minimum atomic E-state index is -1.10. The van der Waals surface area contributed by atoms with Crippen LogP contribution in [0.5, 0.6) is 0 Å². The van der Waals surface area contributed by atoms with E-state index in [2.05, 4.69) is 23.6 Å². The molecular formula is C30H42N2O5S. The van der Waals surface area contributed by atoms with E-state index in [-0.39, 0.29) is 18.1 Å². The molecule has 2 spiro atoms. The summed E-state index contributed by atoms with van der Waals surface area (Å²) in [7, 11) is -1.10. The molecule has 5 saturated heterocycles. The van der Waals surface area contributed by atoms with E-state index >= 15 is 0 Å². The molecule has 0 bridgehead atoms. The summed E-state index contributed by atoms with van der Waals surface area (Å²) in [5, 5.41) is 23.8. The predicted octanol–water partition coefficient (Wildman–Crippen LogP) is 4.96. The monoisotopic (exact) mass is 542 g/mol. The smallest absolute Gasteiger partial charge is 0.114 e. The third-order valence-electron chi connectivity index (χ3n) is 11.3. The summed E-state index contributed by atoms with van der Waals surface area (Å²) >= 11 is 0. The Hall–Kier alpha value is -1.45. The van der Waals surface area contributed by atoms with Crippen LogP contribution in [0.1, 0.15) is 94.8 Å². The third-order valence-corrected chi connectivity index (χ3v) is 13.6. The molecule has 2 aromatic heterocycles. The van der Waals surface area contributed by atoms with Crippen LogP contribution in [0.15, 0.2) is 46.0 Å². The molecule has 5 fully saturated rings. The molecule has 208 valence electrons. The fourth-order valence-corrected chi connectivity index (χ4v) is 11.7. The maximum Gasteiger partial charge on any atom is 0.114 e. The van der Waals surface area contributed by atoms with Gasteiger partial charge in [-0.15, -0.1) is 0 Å². The van der Waals surface area contributed by atoms with Crippen LogP contribution in [-0.4, -0.2) is 59.3 Å². The van der Waals surface area contributed by atoms with Crippen LogP contribution in [0, 0.1) is 17.3 Å². The lowest BCUT2D eigenvalue weighted by Gasteiger charge is -2.57. The van der Waals surface area contributed by atoms with E-state index in [9.17, 15) is 14.4 Å². The van der Waals surface area contributed by atoms with Gasteiger partial charge in [0.2, 0.25) is 0 Å². The maximum atomic E-state index is 14.2. The van der Waals surface area contributed by atoms with Gasteiger partial charge in [-0.25, -0.2) is 0 Å². The Bertz CT molecular complexity index is 1160. The van der Waals surface area contributed by atoms with Gasteiger partial charge in [0.05, 0.1) is 29.8 Å². The highest BCUT2D eigenvalue weighted by atomic mass is 32.2. The molecule has 38 heavy (non-hydrogen) atoms. The number of nitrogens with zero attached hydrogens (tertiary/aromatic N) is 2. The second-order valence-electron chi connectivity index (χ2n) is 13.3. The van der Waals surface area contributed by atoms with Gasteiger partial charge < -0.3 is 19.0 Å². The van der Waals surface area contributed by atoms with Crippen molar-refractivity contribution in [3.05, 3.63) is 48.3 Å². The molecule has 11 unspecified atom stereocenters. The summed E-state index contributed by atoms with van der Waals surface area (Å²) in [6, 6.07) is 4.82. The fraction of sp³-hybridized carbons (Fsp3) is 0.733. The van der Waals surface area contributed by atoms with Crippen LogP contribution >= 0.6 is 0 Å².